The lowest BCUT2D eigenvalue weighted by Crippen LogP contribution is -2.52. The van der Waals surface area contributed by atoms with Crippen LogP contribution < -0.4 is 11.1 Å². The van der Waals surface area contributed by atoms with E-state index < -0.39 is 24.2 Å². The molecule has 0 unspecified atom stereocenters. The van der Waals surface area contributed by atoms with E-state index in [1.807, 2.05) is 0 Å². The number of carbonyl (C=O) groups is 1. The molecule has 0 saturated heterocycles. The maximum absolute atomic E-state index is 11.6. The van der Waals surface area contributed by atoms with Crippen molar-refractivity contribution in [1.29, 1.82) is 0 Å². The molecule has 0 aliphatic carbocycles. The fourth-order valence-electron chi connectivity index (χ4n) is 1.58. The summed E-state index contributed by atoms with van der Waals surface area (Å²) in [5, 5.41) is 21.2. The number of aliphatic hydroxyl groups excluding tert-OH is 2. The second-order valence-corrected chi connectivity index (χ2v) is 3.87. The van der Waals surface area contributed by atoms with Crippen molar-refractivity contribution < 1.29 is 15.0 Å². The Bertz CT molecular complexity index is 440. The number of guanidine groups is 1. The predicted molar refractivity (Wildman–Crippen MR) is 61.0 cm³/mol. The highest BCUT2D eigenvalue weighted by molar-refractivity contribution is 6.21. The number of hydrogen-bond acceptors (Lipinski definition) is 7. The monoisotopic (exact) mass is 239 g/mol. The van der Waals surface area contributed by atoms with Crippen molar-refractivity contribution in [2.75, 3.05) is 6.54 Å². The van der Waals surface area contributed by atoms with Crippen LogP contribution in [0, 0.1) is 0 Å². The molecule has 2 aliphatic heterocycles. The van der Waals surface area contributed by atoms with Gasteiger partial charge in [0.25, 0.3) is 5.91 Å². The van der Waals surface area contributed by atoms with E-state index in [-0.39, 0.29) is 24.1 Å². The number of aliphatic imine (C=N–C) groups is 3. The largest absolute Gasteiger partial charge is 0.390 e. The standard InChI is InChI=1S/C9H13N5O3/c1-3(15)6(16)4-2-11-7-5(12-4)8(17)14-9(10)13-7/h3,5-6,15-16H,2H2,1H3,(H3,10,11,13,14,17)/t3-,5-,6-/m0/s1. The normalized spacial score (nSPS) is 27.1. The molecule has 2 heterocycles. The maximum Gasteiger partial charge on any atom is 0.259 e. The van der Waals surface area contributed by atoms with Crippen LogP contribution in [0.4, 0.5) is 0 Å². The summed E-state index contributed by atoms with van der Waals surface area (Å²) in [5.41, 5.74) is 5.64. The molecular weight excluding hydrogens is 226 g/mol. The Morgan fingerprint density at radius 2 is 2.24 bits per heavy atom. The molecule has 2 rings (SSSR count). The first-order chi connectivity index (χ1) is 7.99. The van der Waals surface area contributed by atoms with Crippen LogP contribution >= 0.6 is 0 Å². The summed E-state index contributed by atoms with van der Waals surface area (Å²) in [4.78, 5) is 23.5. The van der Waals surface area contributed by atoms with Crippen molar-refractivity contribution >= 4 is 23.4 Å². The number of nitrogens with one attached hydrogen (secondary N) is 1. The minimum atomic E-state index is -1.13. The van der Waals surface area contributed by atoms with Gasteiger partial charge < -0.3 is 15.9 Å². The lowest BCUT2D eigenvalue weighted by Gasteiger charge is -2.25. The number of nitrogens with two attached hydrogens (primary N) is 1. The lowest BCUT2D eigenvalue weighted by molar-refractivity contribution is -0.119. The lowest BCUT2D eigenvalue weighted by atomic mass is 10.1. The van der Waals surface area contributed by atoms with Crippen molar-refractivity contribution in [1.82, 2.24) is 5.32 Å². The van der Waals surface area contributed by atoms with Gasteiger partial charge in [0.2, 0.25) is 5.96 Å². The summed E-state index contributed by atoms with van der Waals surface area (Å²) in [6.07, 6.45) is -2.10. The zero-order valence-electron chi connectivity index (χ0n) is 9.16. The van der Waals surface area contributed by atoms with Gasteiger partial charge in [0.15, 0.2) is 11.9 Å². The fraction of sp³-hybridized carbons (Fsp3) is 0.556. The van der Waals surface area contributed by atoms with Crippen LogP contribution in [0.2, 0.25) is 0 Å². The van der Waals surface area contributed by atoms with Gasteiger partial charge in [-0.1, -0.05) is 0 Å². The van der Waals surface area contributed by atoms with E-state index in [2.05, 4.69) is 20.3 Å². The minimum Gasteiger partial charge on any atom is -0.390 e. The number of fused-ring (bicyclic) bond motifs is 1. The van der Waals surface area contributed by atoms with E-state index in [0.29, 0.717) is 0 Å². The Hall–Kier alpha value is -1.80. The zero-order valence-corrected chi connectivity index (χ0v) is 9.16. The number of rotatable bonds is 2. The van der Waals surface area contributed by atoms with Gasteiger partial charge in [-0.05, 0) is 6.92 Å². The molecule has 0 spiro atoms. The van der Waals surface area contributed by atoms with E-state index in [0.717, 1.165) is 0 Å². The van der Waals surface area contributed by atoms with Gasteiger partial charge >= 0.3 is 0 Å². The van der Waals surface area contributed by atoms with Gasteiger partial charge in [-0.2, -0.15) is 4.99 Å². The Balaban J connectivity index is 2.25. The minimum absolute atomic E-state index is 0.0141. The molecule has 17 heavy (non-hydrogen) atoms. The van der Waals surface area contributed by atoms with Crippen molar-refractivity contribution in [3.05, 3.63) is 0 Å². The first kappa shape index (κ1) is 11.7. The third-order valence-electron chi connectivity index (χ3n) is 2.48. The van der Waals surface area contributed by atoms with Gasteiger partial charge in [0.05, 0.1) is 18.4 Å². The SMILES string of the molecule is C[C@H](O)[C@H](O)C1=N[C@@H]2C(=O)NC(N)=NC2=NC1. The molecule has 92 valence electrons. The summed E-state index contributed by atoms with van der Waals surface area (Å²) in [6.45, 7) is 1.53. The molecule has 0 aromatic carbocycles. The zero-order chi connectivity index (χ0) is 12.6. The number of nitrogens with zero attached hydrogens (tertiary/aromatic N) is 3. The summed E-state index contributed by atoms with van der Waals surface area (Å²) in [6, 6.07) is -0.889. The molecule has 0 aromatic heterocycles. The quantitative estimate of drug-likeness (QED) is 0.420. The van der Waals surface area contributed by atoms with Gasteiger partial charge in [-0.25, -0.2) is 0 Å². The predicted octanol–water partition coefficient (Wildman–Crippen LogP) is -2.61. The maximum atomic E-state index is 11.6. The fourth-order valence-corrected chi connectivity index (χ4v) is 1.58. The van der Waals surface area contributed by atoms with Crippen molar-refractivity contribution in [3.63, 3.8) is 0 Å². The molecule has 5 N–H and O–H groups in total. The molecule has 8 nitrogen and oxygen atoms in total. The third kappa shape index (κ3) is 2.17. The third-order valence-corrected chi connectivity index (χ3v) is 2.48. The Kier molecular flexibility index (Phi) is 2.90. The summed E-state index contributed by atoms with van der Waals surface area (Å²) in [7, 11) is 0. The van der Waals surface area contributed by atoms with Crippen LogP contribution in [0.5, 0.6) is 0 Å². The van der Waals surface area contributed by atoms with E-state index in [4.69, 9.17) is 5.73 Å². The highest BCUT2D eigenvalue weighted by Crippen LogP contribution is 2.11. The van der Waals surface area contributed by atoms with Crippen molar-refractivity contribution in [3.8, 4) is 0 Å². The topological polar surface area (TPSA) is 133 Å². The van der Waals surface area contributed by atoms with Gasteiger partial charge in [-0.3, -0.25) is 20.1 Å². The second-order valence-electron chi connectivity index (χ2n) is 3.87. The van der Waals surface area contributed by atoms with Crippen LogP contribution in [-0.4, -0.2) is 58.4 Å². The van der Waals surface area contributed by atoms with Crippen LogP contribution in [0.15, 0.2) is 15.0 Å². The summed E-state index contributed by atoms with van der Waals surface area (Å²) < 4.78 is 0. The molecule has 2 aliphatic rings. The van der Waals surface area contributed by atoms with Crippen LogP contribution in [0.3, 0.4) is 0 Å². The average Bonchev–Trinajstić information content (AvgIpc) is 2.27. The molecule has 8 heteroatoms. The molecule has 0 radical (unpaired) electrons. The molecular formula is C9H13N5O3. The second kappa shape index (κ2) is 4.22. The highest BCUT2D eigenvalue weighted by Gasteiger charge is 2.33. The number of amidine groups is 1. The van der Waals surface area contributed by atoms with Gasteiger partial charge in [0.1, 0.15) is 6.10 Å². The molecule has 0 saturated carbocycles. The number of amides is 1. The van der Waals surface area contributed by atoms with Crippen LogP contribution in [-0.2, 0) is 4.79 Å². The Labute approximate surface area is 97.0 Å². The molecule has 1 amide bonds. The van der Waals surface area contributed by atoms with Crippen molar-refractivity contribution in [2.45, 2.75) is 25.2 Å². The summed E-state index contributed by atoms with van der Waals surface area (Å²) in [5.74, 6) is -0.223. The highest BCUT2D eigenvalue weighted by atomic mass is 16.3. The van der Waals surface area contributed by atoms with E-state index in [1.54, 1.807) is 0 Å². The number of hydrogen-bond donors (Lipinski definition) is 4. The van der Waals surface area contributed by atoms with Crippen LogP contribution in [0.25, 0.3) is 0 Å². The smallest absolute Gasteiger partial charge is 0.259 e. The van der Waals surface area contributed by atoms with Gasteiger partial charge in [-0.15, -0.1) is 0 Å². The molecule has 0 aromatic rings. The van der Waals surface area contributed by atoms with E-state index >= 15 is 0 Å². The van der Waals surface area contributed by atoms with Gasteiger partial charge in [0, 0.05) is 0 Å². The first-order valence-corrected chi connectivity index (χ1v) is 5.11. The first-order valence-electron chi connectivity index (χ1n) is 5.11. The van der Waals surface area contributed by atoms with Crippen LogP contribution in [0.1, 0.15) is 6.92 Å². The molecule has 3 atom stereocenters. The molecule has 0 bridgehead atoms. The van der Waals surface area contributed by atoms with E-state index in [1.165, 1.54) is 6.92 Å². The van der Waals surface area contributed by atoms with Crippen molar-refractivity contribution in [2.24, 2.45) is 20.7 Å². The van der Waals surface area contributed by atoms with E-state index in [9.17, 15) is 15.0 Å². The summed E-state index contributed by atoms with van der Waals surface area (Å²) >= 11 is 0. The number of aliphatic hydroxyl groups is 2. The Morgan fingerprint density at radius 3 is 2.88 bits per heavy atom. The Morgan fingerprint density at radius 1 is 1.53 bits per heavy atom. The molecule has 0 fully saturated rings. The average molecular weight is 239 g/mol. The number of carbonyl (C=O) groups excluding carboxylic acids is 1.